The predicted octanol–water partition coefficient (Wildman–Crippen LogP) is -1.47. The maximum Gasteiger partial charge on any atom is 0.471 e. The van der Waals surface area contributed by atoms with E-state index >= 15 is 0 Å². The van der Waals surface area contributed by atoms with Gasteiger partial charge in [-0.1, -0.05) is 0 Å². The molecule has 0 bridgehead atoms. The molecule has 2 unspecified atom stereocenters. The molecule has 0 spiro atoms. The lowest BCUT2D eigenvalue weighted by atomic mass is 10.1. The normalized spacial score (nSPS) is 25.5. The van der Waals surface area contributed by atoms with Crippen LogP contribution in [0.4, 0.5) is 19.0 Å². The van der Waals surface area contributed by atoms with Gasteiger partial charge in [-0.05, 0) is 12.5 Å². The monoisotopic (exact) mass is 396 g/mol. The number of nitrogens with zero attached hydrogens (tertiary/aromatic N) is 2. The van der Waals surface area contributed by atoms with Gasteiger partial charge in [-0.2, -0.15) is 18.2 Å². The van der Waals surface area contributed by atoms with Crippen LogP contribution in [0.2, 0.25) is 0 Å². The quantitative estimate of drug-likeness (QED) is 0.408. The summed E-state index contributed by atoms with van der Waals surface area (Å²) in [7, 11) is 0. The van der Waals surface area contributed by atoms with E-state index in [9.17, 15) is 33.0 Å². The highest BCUT2D eigenvalue weighted by molar-refractivity contribution is 5.81. The molecule has 152 valence electrons. The van der Waals surface area contributed by atoms with E-state index in [0.717, 1.165) is 4.57 Å². The Morgan fingerprint density at radius 2 is 2.19 bits per heavy atom. The number of halogens is 3. The Morgan fingerprint density at radius 1 is 1.48 bits per heavy atom. The first-order chi connectivity index (χ1) is 12.6. The number of carbonyl (C=O) groups is 1. The number of nitrogen functional groups attached to an aromatic ring is 1. The maximum atomic E-state index is 12.1. The summed E-state index contributed by atoms with van der Waals surface area (Å²) in [5.74, 6) is -2.09. The lowest BCUT2D eigenvalue weighted by Crippen LogP contribution is -2.39. The van der Waals surface area contributed by atoms with Crippen molar-refractivity contribution in [2.75, 3.05) is 25.5 Å². The third-order valence-corrected chi connectivity index (χ3v) is 3.79. The van der Waals surface area contributed by atoms with Gasteiger partial charge in [-0.25, -0.2) is 4.79 Å². The van der Waals surface area contributed by atoms with Gasteiger partial charge in [0.1, 0.15) is 24.1 Å². The van der Waals surface area contributed by atoms with E-state index in [1.807, 2.05) is 0 Å². The fourth-order valence-corrected chi connectivity index (χ4v) is 2.49. The Morgan fingerprint density at radius 3 is 2.78 bits per heavy atom. The van der Waals surface area contributed by atoms with Gasteiger partial charge < -0.3 is 30.7 Å². The van der Waals surface area contributed by atoms with Gasteiger partial charge in [0.25, 0.3) is 0 Å². The van der Waals surface area contributed by atoms with Crippen LogP contribution in [-0.2, 0) is 14.3 Å². The van der Waals surface area contributed by atoms with Crippen LogP contribution in [0.1, 0.15) is 12.6 Å². The molecule has 27 heavy (non-hydrogen) atoms. The highest BCUT2D eigenvalue weighted by atomic mass is 19.4. The number of amides is 1. The summed E-state index contributed by atoms with van der Waals surface area (Å²) >= 11 is 0. The second-order valence-corrected chi connectivity index (χ2v) is 5.72. The van der Waals surface area contributed by atoms with Gasteiger partial charge in [-0.15, -0.1) is 0 Å². The Balaban J connectivity index is 1.97. The Labute approximate surface area is 150 Å². The maximum absolute atomic E-state index is 12.1. The van der Waals surface area contributed by atoms with Crippen LogP contribution in [0.3, 0.4) is 0 Å². The summed E-state index contributed by atoms with van der Waals surface area (Å²) in [5, 5.41) is 21.1. The minimum atomic E-state index is -4.97. The van der Waals surface area contributed by atoms with E-state index in [1.165, 1.54) is 12.3 Å². The zero-order valence-electron chi connectivity index (χ0n) is 13.9. The number of rotatable bonds is 7. The lowest BCUT2D eigenvalue weighted by Gasteiger charge is -2.22. The number of hydrogen-bond acceptors (Lipinski definition) is 8. The number of nitrogens with two attached hydrogens (primary N) is 1. The largest absolute Gasteiger partial charge is 0.471 e. The highest BCUT2D eigenvalue weighted by Crippen LogP contribution is 2.30. The van der Waals surface area contributed by atoms with Crippen molar-refractivity contribution >= 4 is 11.7 Å². The van der Waals surface area contributed by atoms with Gasteiger partial charge in [0.05, 0.1) is 6.61 Å². The topological polar surface area (TPSA) is 149 Å². The van der Waals surface area contributed by atoms with Crippen LogP contribution in [0.5, 0.6) is 0 Å². The molecule has 2 heterocycles. The minimum Gasteiger partial charge on any atom is -0.394 e. The molecular weight excluding hydrogens is 377 g/mol. The minimum absolute atomic E-state index is 0.0104. The summed E-state index contributed by atoms with van der Waals surface area (Å²) in [6.07, 6.45) is -8.23. The molecule has 1 fully saturated rings. The van der Waals surface area contributed by atoms with Crippen LogP contribution in [0.15, 0.2) is 17.1 Å². The third-order valence-electron chi connectivity index (χ3n) is 3.79. The fraction of sp³-hybridized carbons (Fsp3) is 0.643. The number of anilines is 1. The molecule has 4 atom stereocenters. The number of ether oxygens (including phenoxy) is 2. The molecule has 1 aromatic rings. The summed E-state index contributed by atoms with van der Waals surface area (Å²) < 4.78 is 48.1. The summed E-state index contributed by atoms with van der Waals surface area (Å²) in [4.78, 5) is 26.2. The number of carbonyl (C=O) groups excluding carboxylic acids is 1. The van der Waals surface area contributed by atoms with E-state index in [4.69, 9.17) is 15.2 Å². The first-order valence-electron chi connectivity index (χ1n) is 7.91. The molecule has 1 saturated heterocycles. The van der Waals surface area contributed by atoms with Gasteiger partial charge in [0.2, 0.25) is 0 Å². The average Bonchev–Trinajstić information content (AvgIpc) is 2.89. The van der Waals surface area contributed by atoms with Gasteiger partial charge in [0.15, 0.2) is 6.23 Å². The molecule has 0 radical (unpaired) electrons. The molecule has 13 heteroatoms. The molecule has 0 aromatic carbocycles. The summed E-state index contributed by atoms with van der Waals surface area (Å²) in [6, 6.07) is 1.33. The van der Waals surface area contributed by atoms with Gasteiger partial charge in [0, 0.05) is 19.3 Å². The Bertz CT molecular complexity index is 713. The number of alkyl halides is 3. The van der Waals surface area contributed by atoms with Crippen molar-refractivity contribution in [1.29, 1.82) is 0 Å². The summed E-state index contributed by atoms with van der Waals surface area (Å²) in [6.45, 7) is -0.995. The number of nitrogens with one attached hydrogen (secondary N) is 1. The van der Waals surface area contributed by atoms with Crippen LogP contribution < -0.4 is 16.7 Å². The molecule has 1 amide bonds. The van der Waals surface area contributed by atoms with Crippen molar-refractivity contribution < 1.29 is 37.7 Å². The SMILES string of the molecule is Nc1ccn([C@@H]2O[C@H](CO)C(O)C2OCCCNC(=O)C(F)(F)F)c(=O)n1. The van der Waals surface area contributed by atoms with Gasteiger partial charge >= 0.3 is 17.8 Å². The molecule has 2 rings (SSSR count). The van der Waals surface area contributed by atoms with Gasteiger partial charge in [-0.3, -0.25) is 9.36 Å². The summed E-state index contributed by atoms with van der Waals surface area (Å²) in [5.41, 5.74) is 4.64. The molecule has 1 aliphatic rings. The van der Waals surface area contributed by atoms with Crippen LogP contribution in [-0.4, -0.2) is 69.9 Å². The second-order valence-electron chi connectivity index (χ2n) is 5.72. The van der Waals surface area contributed by atoms with E-state index in [2.05, 4.69) is 4.98 Å². The van der Waals surface area contributed by atoms with E-state index in [-0.39, 0.29) is 25.4 Å². The molecule has 0 saturated carbocycles. The smallest absolute Gasteiger partial charge is 0.394 e. The number of aliphatic hydroxyl groups is 2. The first kappa shape index (κ1) is 21.1. The van der Waals surface area contributed by atoms with Crippen molar-refractivity contribution in [1.82, 2.24) is 14.9 Å². The fourth-order valence-electron chi connectivity index (χ4n) is 2.49. The van der Waals surface area contributed by atoms with Crippen LogP contribution in [0.25, 0.3) is 0 Å². The zero-order valence-corrected chi connectivity index (χ0v) is 13.9. The third kappa shape index (κ3) is 5.15. The Kier molecular flexibility index (Phi) is 6.75. The predicted molar refractivity (Wildman–Crippen MR) is 83.3 cm³/mol. The molecular formula is C14H19F3N4O6. The van der Waals surface area contributed by atoms with Crippen molar-refractivity contribution in [3.05, 3.63) is 22.7 Å². The van der Waals surface area contributed by atoms with E-state index in [0.29, 0.717) is 0 Å². The standard InChI is InChI=1S/C14H19F3N4O6/c15-14(16,17)12(24)19-3-1-5-26-10-9(23)7(6-22)27-11(10)21-4-2-8(18)20-13(21)25/h2,4,7,9-11,22-23H,1,3,5-6H2,(H,19,24)(H2,18,20,25)/t7-,9?,10?,11-/m1/s1. The van der Waals surface area contributed by atoms with E-state index < -0.39 is 48.9 Å². The molecule has 0 aliphatic carbocycles. The van der Waals surface area contributed by atoms with E-state index in [1.54, 1.807) is 5.32 Å². The number of aromatic nitrogens is 2. The van der Waals surface area contributed by atoms with Crippen molar-refractivity contribution in [3.8, 4) is 0 Å². The number of hydrogen-bond donors (Lipinski definition) is 4. The first-order valence-corrected chi connectivity index (χ1v) is 7.91. The highest BCUT2D eigenvalue weighted by Gasteiger charge is 2.45. The van der Waals surface area contributed by atoms with Crippen LogP contribution >= 0.6 is 0 Å². The van der Waals surface area contributed by atoms with Crippen molar-refractivity contribution in [2.24, 2.45) is 0 Å². The number of aliphatic hydroxyl groups excluding tert-OH is 2. The molecule has 1 aromatic heterocycles. The van der Waals surface area contributed by atoms with Crippen LogP contribution in [0, 0.1) is 0 Å². The molecule has 5 N–H and O–H groups in total. The average molecular weight is 396 g/mol. The molecule has 1 aliphatic heterocycles. The second kappa shape index (κ2) is 8.65. The Hall–Kier alpha value is -2.22. The van der Waals surface area contributed by atoms with Crippen molar-refractivity contribution in [3.63, 3.8) is 0 Å². The lowest BCUT2D eigenvalue weighted by molar-refractivity contribution is -0.173. The zero-order chi connectivity index (χ0) is 20.2. The molecule has 10 nitrogen and oxygen atoms in total. The van der Waals surface area contributed by atoms with Crippen molar-refractivity contribution in [2.45, 2.75) is 37.1 Å².